The molecule has 1 aliphatic carbocycles. The average Bonchev–Trinajstić information content (AvgIpc) is 3.31. The Balaban J connectivity index is 1.73. The summed E-state index contributed by atoms with van der Waals surface area (Å²) in [6, 6.07) is 16.1. The van der Waals surface area contributed by atoms with Crippen molar-refractivity contribution in [1.29, 1.82) is 0 Å². The quantitative estimate of drug-likeness (QED) is 0.800. The van der Waals surface area contributed by atoms with Crippen molar-refractivity contribution in [3.8, 4) is 0 Å². The second-order valence-corrected chi connectivity index (χ2v) is 6.68. The van der Waals surface area contributed by atoms with Gasteiger partial charge in [-0.25, -0.2) is 4.39 Å². The van der Waals surface area contributed by atoms with E-state index in [2.05, 4.69) is 45.5 Å². The van der Waals surface area contributed by atoms with E-state index < -0.39 is 0 Å². The van der Waals surface area contributed by atoms with Gasteiger partial charge >= 0.3 is 0 Å². The Morgan fingerprint density at radius 1 is 1.05 bits per heavy atom. The summed E-state index contributed by atoms with van der Waals surface area (Å²) in [6.07, 6.45) is 3.52. The Bertz CT molecular complexity index is 575. The van der Waals surface area contributed by atoms with E-state index in [1.54, 1.807) is 12.1 Å². The maximum Gasteiger partial charge on any atom is 0.123 e. The van der Waals surface area contributed by atoms with Crippen LogP contribution in [0.15, 0.2) is 53.0 Å². The highest BCUT2D eigenvalue weighted by Crippen LogP contribution is 2.25. The molecule has 1 unspecified atom stereocenters. The van der Waals surface area contributed by atoms with Gasteiger partial charge in [0.25, 0.3) is 0 Å². The zero-order valence-corrected chi connectivity index (χ0v) is 13.4. The molecule has 0 spiro atoms. The van der Waals surface area contributed by atoms with E-state index in [-0.39, 0.29) is 5.82 Å². The normalized spacial score (nSPS) is 15.9. The predicted octanol–water partition coefficient (Wildman–Crippen LogP) is 4.67. The van der Waals surface area contributed by atoms with Crippen molar-refractivity contribution >= 4 is 15.9 Å². The Morgan fingerprint density at radius 3 is 2.33 bits per heavy atom. The van der Waals surface area contributed by atoms with Crippen LogP contribution < -0.4 is 5.32 Å². The molecule has 0 heterocycles. The van der Waals surface area contributed by atoms with Gasteiger partial charge in [0, 0.05) is 23.0 Å². The molecule has 0 saturated heterocycles. The molecule has 0 aliphatic heterocycles. The largest absolute Gasteiger partial charge is 0.313 e. The van der Waals surface area contributed by atoms with Gasteiger partial charge < -0.3 is 5.32 Å². The van der Waals surface area contributed by atoms with Gasteiger partial charge in [-0.05, 0) is 54.7 Å². The van der Waals surface area contributed by atoms with Gasteiger partial charge in [0.2, 0.25) is 0 Å². The number of benzene rings is 2. The standard InChI is InChI=1S/C18H19BrFN/c19-16-5-3-14(4-6-16)15(12-21-18-9-10-18)11-13-1-7-17(20)8-2-13/h1-8,15,18,21H,9-12H2. The zero-order chi connectivity index (χ0) is 14.7. The smallest absolute Gasteiger partial charge is 0.123 e. The van der Waals surface area contributed by atoms with Gasteiger partial charge in [-0.2, -0.15) is 0 Å². The Hall–Kier alpha value is -1.19. The van der Waals surface area contributed by atoms with Crippen molar-refractivity contribution in [3.63, 3.8) is 0 Å². The SMILES string of the molecule is Fc1ccc(CC(CNC2CC2)c2ccc(Br)cc2)cc1. The van der Waals surface area contributed by atoms with Crippen LogP contribution >= 0.6 is 15.9 Å². The average molecular weight is 348 g/mol. The third kappa shape index (κ3) is 4.39. The fraction of sp³-hybridized carbons (Fsp3) is 0.333. The van der Waals surface area contributed by atoms with Gasteiger partial charge in [0.1, 0.15) is 5.82 Å². The van der Waals surface area contributed by atoms with Crippen molar-refractivity contribution in [2.24, 2.45) is 0 Å². The van der Waals surface area contributed by atoms with Crippen molar-refractivity contribution in [2.45, 2.75) is 31.2 Å². The Kier molecular flexibility index (Phi) is 4.71. The number of hydrogen-bond acceptors (Lipinski definition) is 1. The Labute approximate surface area is 133 Å². The minimum Gasteiger partial charge on any atom is -0.313 e. The van der Waals surface area contributed by atoms with Crippen LogP contribution in [0.3, 0.4) is 0 Å². The molecule has 1 fully saturated rings. The first-order valence-electron chi connectivity index (χ1n) is 7.44. The molecule has 3 rings (SSSR count). The molecule has 0 aromatic heterocycles. The summed E-state index contributed by atoms with van der Waals surface area (Å²) >= 11 is 3.48. The highest BCUT2D eigenvalue weighted by molar-refractivity contribution is 9.10. The molecule has 3 heteroatoms. The van der Waals surface area contributed by atoms with Gasteiger partial charge in [0.15, 0.2) is 0 Å². The van der Waals surface area contributed by atoms with E-state index in [1.165, 1.54) is 24.0 Å². The third-order valence-electron chi connectivity index (χ3n) is 3.97. The second kappa shape index (κ2) is 6.71. The first-order valence-corrected chi connectivity index (χ1v) is 8.23. The van der Waals surface area contributed by atoms with Crippen LogP contribution in [0, 0.1) is 5.82 Å². The number of hydrogen-bond donors (Lipinski definition) is 1. The number of halogens is 2. The fourth-order valence-corrected chi connectivity index (χ4v) is 2.81. The molecule has 2 aromatic rings. The summed E-state index contributed by atoms with van der Waals surface area (Å²) in [5.41, 5.74) is 2.51. The molecule has 2 aromatic carbocycles. The molecule has 1 nitrogen and oxygen atoms in total. The van der Waals surface area contributed by atoms with Crippen LogP contribution in [-0.2, 0) is 6.42 Å². The minimum absolute atomic E-state index is 0.171. The molecular formula is C18H19BrFN. The summed E-state index contributed by atoms with van der Waals surface area (Å²) in [5.74, 6) is 0.249. The molecular weight excluding hydrogens is 329 g/mol. The van der Waals surface area contributed by atoms with Crippen molar-refractivity contribution in [1.82, 2.24) is 5.32 Å². The lowest BCUT2D eigenvalue weighted by Crippen LogP contribution is -2.24. The van der Waals surface area contributed by atoms with Crippen LogP contribution in [0.1, 0.15) is 29.9 Å². The summed E-state index contributed by atoms with van der Waals surface area (Å²) in [5, 5.41) is 3.62. The van der Waals surface area contributed by atoms with Crippen LogP contribution in [0.2, 0.25) is 0 Å². The first kappa shape index (κ1) is 14.7. The molecule has 1 N–H and O–H groups in total. The van der Waals surface area contributed by atoms with Gasteiger partial charge in [-0.1, -0.05) is 40.2 Å². The molecule has 1 saturated carbocycles. The van der Waals surface area contributed by atoms with Crippen LogP contribution in [0.4, 0.5) is 4.39 Å². The van der Waals surface area contributed by atoms with Crippen molar-refractivity contribution in [3.05, 3.63) is 69.9 Å². The van der Waals surface area contributed by atoms with E-state index in [4.69, 9.17) is 0 Å². The molecule has 0 amide bonds. The van der Waals surface area contributed by atoms with E-state index >= 15 is 0 Å². The second-order valence-electron chi connectivity index (χ2n) is 5.76. The molecule has 1 aliphatic rings. The highest BCUT2D eigenvalue weighted by atomic mass is 79.9. The maximum absolute atomic E-state index is 13.0. The summed E-state index contributed by atoms with van der Waals surface area (Å²) < 4.78 is 14.1. The van der Waals surface area contributed by atoms with Crippen LogP contribution in [0.25, 0.3) is 0 Å². The lowest BCUT2D eigenvalue weighted by molar-refractivity contribution is 0.575. The Morgan fingerprint density at radius 2 is 1.71 bits per heavy atom. The molecule has 21 heavy (non-hydrogen) atoms. The molecule has 110 valence electrons. The lowest BCUT2D eigenvalue weighted by atomic mass is 9.92. The first-order chi connectivity index (χ1) is 10.2. The van der Waals surface area contributed by atoms with E-state index in [0.29, 0.717) is 12.0 Å². The molecule has 0 radical (unpaired) electrons. The minimum atomic E-state index is -0.171. The summed E-state index contributed by atoms with van der Waals surface area (Å²) in [6.45, 7) is 0.976. The lowest BCUT2D eigenvalue weighted by Gasteiger charge is -2.18. The van der Waals surface area contributed by atoms with Crippen LogP contribution in [-0.4, -0.2) is 12.6 Å². The summed E-state index contributed by atoms with van der Waals surface area (Å²) in [7, 11) is 0. The zero-order valence-electron chi connectivity index (χ0n) is 11.9. The van der Waals surface area contributed by atoms with Crippen molar-refractivity contribution < 1.29 is 4.39 Å². The fourth-order valence-electron chi connectivity index (χ4n) is 2.54. The highest BCUT2D eigenvalue weighted by Gasteiger charge is 2.22. The van der Waals surface area contributed by atoms with Gasteiger partial charge in [-0.3, -0.25) is 0 Å². The monoisotopic (exact) mass is 347 g/mol. The third-order valence-corrected chi connectivity index (χ3v) is 4.50. The predicted molar refractivity (Wildman–Crippen MR) is 88.0 cm³/mol. The van der Waals surface area contributed by atoms with Gasteiger partial charge in [0.05, 0.1) is 0 Å². The topological polar surface area (TPSA) is 12.0 Å². The molecule has 1 atom stereocenters. The summed E-state index contributed by atoms with van der Waals surface area (Å²) in [4.78, 5) is 0. The van der Waals surface area contributed by atoms with Crippen molar-refractivity contribution in [2.75, 3.05) is 6.54 Å². The van der Waals surface area contributed by atoms with E-state index in [9.17, 15) is 4.39 Å². The molecule has 0 bridgehead atoms. The van der Waals surface area contributed by atoms with Gasteiger partial charge in [-0.15, -0.1) is 0 Å². The van der Waals surface area contributed by atoms with Crippen LogP contribution in [0.5, 0.6) is 0 Å². The number of nitrogens with one attached hydrogen (secondary N) is 1. The number of rotatable bonds is 6. The maximum atomic E-state index is 13.0. The van der Waals surface area contributed by atoms with E-state index in [0.717, 1.165) is 17.4 Å². The van der Waals surface area contributed by atoms with E-state index in [1.807, 2.05) is 12.1 Å².